The molecule has 0 saturated carbocycles. The third-order valence-electron chi connectivity index (χ3n) is 4.61. The molecule has 26 heavy (non-hydrogen) atoms. The predicted octanol–water partition coefficient (Wildman–Crippen LogP) is 2.02. The van der Waals surface area contributed by atoms with Gasteiger partial charge in [0.25, 0.3) is 0 Å². The minimum Gasteiger partial charge on any atom is -0.309 e. The number of hydrogen-bond donors (Lipinski definition) is 1. The van der Waals surface area contributed by atoms with Gasteiger partial charge in [-0.2, -0.15) is 16.9 Å². The van der Waals surface area contributed by atoms with Crippen molar-refractivity contribution in [3.8, 4) is 5.69 Å². The van der Waals surface area contributed by atoms with E-state index in [-0.39, 0.29) is 37.1 Å². The van der Waals surface area contributed by atoms with Crippen LogP contribution in [0.15, 0.2) is 24.3 Å². The number of amides is 3. The highest BCUT2D eigenvalue weighted by Gasteiger charge is 2.31. The van der Waals surface area contributed by atoms with Crippen molar-refractivity contribution in [2.75, 3.05) is 11.9 Å². The Labute approximate surface area is 154 Å². The fraction of sp³-hybridized carbons (Fsp3) is 0.333. The summed E-state index contributed by atoms with van der Waals surface area (Å²) in [7, 11) is 0. The first-order valence-electron chi connectivity index (χ1n) is 8.42. The normalized spacial score (nSPS) is 16.3. The zero-order valence-electron chi connectivity index (χ0n) is 14.3. The van der Waals surface area contributed by atoms with Crippen LogP contribution >= 0.6 is 11.8 Å². The van der Waals surface area contributed by atoms with Gasteiger partial charge in [0, 0.05) is 29.9 Å². The minimum absolute atomic E-state index is 0.180. The standard InChI is InChI=1S/C18H18N4O3S/c1-11-4-2-3-5-14(11)22-18(12-9-26-10-13(12)20-22)19-15(23)8-21-16(24)6-7-17(21)25/h2-5H,6-10H2,1H3,(H,19,23). The molecule has 0 aliphatic carbocycles. The van der Waals surface area contributed by atoms with Crippen molar-refractivity contribution in [3.63, 3.8) is 0 Å². The van der Waals surface area contributed by atoms with E-state index < -0.39 is 0 Å². The second kappa shape index (κ2) is 6.60. The summed E-state index contributed by atoms with van der Waals surface area (Å²) in [6, 6.07) is 7.82. The van der Waals surface area contributed by atoms with E-state index in [2.05, 4.69) is 10.4 Å². The second-order valence-electron chi connectivity index (χ2n) is 6.39. The maximum Gasteiger partial charge on any atom is 0.245 e. The Morgan fingerprint density at radius 2 is 1.92 bits per heavy atom. The highest BCUT2D eigenvalue weighted by atomic mass is 32.2. The van der Waals surface area contributed by atoms with Gasteiger partial charge < -0.3 is 5.32 Å². The van der Waals surface area contributed by atoms with Crippen LogP contribution in [0, 0.1) is 6.92 Å². The Hall–Kier alpha value is -2.61. The Morgan fingerprint density at radius 1 is 1.19 bits per heavy atom. The third kappa shape index (κ3) is 2.90. The number of anilines is 1. The van der Waals surface area contributed by atoms with Crippen molar-refractivity contribution in [3.05, 3.63) is 41.1 Å². The highest BCUT2D eigenvalue weighted by molar-refractivity contribution is 7.98. The number of likely N-dealkylation sites (tertiary alicyclic amines) is 1. The quantitative estimate of drug-likeness (QED) is 0.833. The lowest BCUT2D eigenvalue weighted by Gasteiger charge is -2.16. The number of benzene rings is 1. The second-order valence-corrected chi connectivity index (χ2v) is 7.37. The third-order valence-corrected chi connectivity index (χ3v) is 5.58. The van der Waals surface area contributed by atoms with E-state index in [0.29, 0.717) is 5.82 Å². The van der Waals surface area contributed by atoms with Crippen LogP contribution in [0.2, 0.25) is 0 Å². The summed E-state index contributed by atoms with van der Waals surface area (Å²) >= 11 is 1.75. The van der Waals surface area contributed by atoms with Gasteiger partial charge in [-0.3, -0.25) is 19.3 Å². The molecule has 8 heteroatoms. The number of hydrogen-bond acceptors (Lipinski definition) is 5. The van der Waals surface area contributed by atoms with Crippen molar-refractivity contribution in [1.82, 2.24) is 14.7 Å². The molecule has 2 aromatic rings. The number of imide groups is 1. The SMILES string of the molecule is Cc1ccccc1-n1nc2c(c1NC(=O)CN1C(=O)CCC1=O)CSC2. The van der Waals surface area contributed by atoms with Gasteiger partial charge in [-0.25, -0.2) is 4.68 Å². The van der Waals surface area contributed by atoms with Crippen LogP contribution in [0.5, 0.6) is 0 Å². The summed E-state index contributed by atoms with van der Waals surface area (Å²) in [4.78, 5) is 37.0. The van der Waals surface area contributed by atoms with E-state index >= 15 is 0 Å². The Balaban J connectivity index is 1.64. The Kier molecular flexibility index (Phi) is 4.28. The predicted molar refractivity (Wildman–Crippen MR) is 97.9 cm³/mol. The average molecular weight is 370 g/mol. The number of aromatic nitrogens is 2. The van der Waals surface area contributed by atoms with Crippen molar-refractivity contribution in [2.24, 2.45) is 0 Å². The number of thioether (sulfide) groups is 1. The molecule has 1 aromatic carbocycles. The number of nitrogens with one attached hydrogen (secondary N) is 1. The van der Waals surface area contributed by atoms with Gasteiger partial charge >= 0.3 is 0 Å². The molecule has 1 saturated heterocycles. The first-order chi connectivity index (χ1) is 12.5. The molecule has 0 bridgehead atoms. The first-order valence-corrected chi connectivity index (χ1v) is 9.57. The molecule has 2 aliphatic heterocycles. The number of fused-ring (bicyclic) bond motifs is 1. The molecule has 3 amide bonds. The van der Waals surface area contributed by atoms with Crippen molar-refractivity contribution in [2.45, 2.75) is 31.3 Å². The highest BCUT2D eigenvalue weighted by Crippen LogP contribution is 2.36. The van der Waals surface area contributed by atoms with E-state index in [1.165, 1.54) is 0 Å². The first kappa shape index (κ1) is 16.8. The summed E-state index contributed by atoms with van der Waals surface area (Å²) in [6.45, 7) is 1.74. The lowest BCUT2D eigenvalue weighted by atomic mass is 10.2. The van der Waals surface area contributed by atoms with Crippen LogP contribution in [0.3, 0.4) is 0 Å². The summed E-state index contributed by atoms with van der Waals surface area (Å²) in [5.41, 5.74) is 3.91. The molecule has 0 spiro atoms. The number of para-hydroxylation sites is 1. The van der Waals surface area contributed by atoms with Crippen LogP contribution in [0.4, 0.5) is 5.82 Å². The van der Waals surface area contributed by atoms with Crippen molar-refractivity contribution < 1.29 is 14.4 Å². The van der Waals surface area contributed by atoms with E-state index in [0.717, 1.165) is 38.9 Å². The molecular formula is C18H18N4O3S. The smallest absolute Gasteiger partial charge is 0.245 e. The largest absolute Gasteiger partial charge is 0.309 e. The molecule has 3 heterocycles. The van der Waals surface area contributed by atoms with Crippen LogP contribution < -0.4 is 5.32 Å². The molecular weight excluding hydrogens is 352 g/mol. The molecule has 7 nitrogen and oxygen atoms in total. The van der Waals surface area contributed by atoms with Crippen molar-refractivity contribution in [1.29, 1.82) is 0 Å². The van der Waals surface area contributed by atoms with Gasteiger partial charge in [0.05, 0.1) is 11.4 Å². The molecule has 0 radical (unpaired) electrons. The monoisotopic (exact) mass is 370 g/mol. The summed E-state index contributed by atoms with van der Waals surface area (Å²) in [6.07, 6.45) is 0.360. The summed E-state index contributed by atoms with van der Waals surface area (Å²) in [5, 5.41) is 7.56. The molecule has 4 rings (SSSR count). The van der Waals surface area contributed by atoms with Gasteiger partial charge in [0.1, 0.15) is 12.4 Å². The average Bonchev–Trinajstić information content (AvgIpc) is 3.28. The van der Waals surface area contributed by atoms with E-state index in [1.807, 2.05) is 31.2 Å². The van der Waals surface area contributed by atoms with Gasteiger partial charge in [0.15, 0.2) is 0 Å². The fourth-order valence-electron chi connectivity index (χ4n) is 3.23. The van der Waals surface area contributed by atoms with E-state index in [1.54, 1.807) is 16.4 Å². The summed E-state index contributed by atoms with van der Waals surface area (Å²) in [5.74, 6) is 1.24. The molecule has 134 valence electrons. The van der Waals surface area contributed by atoms with Gasteiger partial charge in [0.2, 0.25) is 17.7 Å². The molecule has 1 fully saturated rings. The number of carbonyl (C=O) groups is 3. The minimum atomic E-state index is -0.386. The maximum atomic E-state index is 12.5. The molecule has 1 aromatic heterocycles. The maximum absolute atomic E-state index is 12.5. The van der Waals surface area contributed by atoms with E-state index in [4.69, 9.17) is 0 Å². The molecule has 2 aliphatic rings. The molecule has 0 atom stereocenters. The number of nitrogens with zero attached hydrogens (tertiary/aromatic N) is 3. The van der Waals surface area contributed by atoms with Gasteiger partial charge in [-0.1, -0.05) is 18.2 Å². The Bertz CT molecular complexity index is 905. The Morgan fingerprint density at radius 3 is 2.65 bits per heavy atom. The van der Waals surface area contributed by atoms with Crippen LogP contribution in [0.25, 0.3) is 5.69 Å². The van der Waals surface area contributed by atoms with E-state index in [9.17, 15) is 14.4 Å². The van der Waals surface area contributed by atoms with Crippen molar-refractivity contribution >= 4 is 35.3 Å². The van der Waals surface area contributed by atoms with Gasteiger partial charge in [-0.15, -0.1) is 0 Å². The topological polar surface area (TPSA) is 84.3 Å². The zero-order chi connectivity index (χ0) is 18.3. The fourth-order valence-corrected chi connectivity index (χ4v) is 4.27. The zero-order valence-corrected chi connectivity index (χ0v) is 15.1. The number of aryl methyl sites for hydroxylation is 1. The van der Waals surface area contributed by atoms with Crippen LogP contribution in [-0.2, 0) is 25.9 Å². The lowest BCUT2D eigenvalue weighted by Crippen LogP contribution is -2.37. The lowest BCUT2D eigenvalue weighted by molar-refractivity contribution is -0.141. The van der Waals surface area contributed by atoms with Crippen LogP contribution in [0.1, 0.15) is 29.7 Å². The number of rotatable bonds is 4. The number of carbonyl (C=O) groups excluding carboxylic acids is 3. The molecule has 0 unspecified atom stereocenters. The van der Waals surface area contributed by atoms with Crippen LogP contribution in [-0.4, -0.2) is 38.9 Å². The van der Waals surface area contributed by atoms with Gasteiger partial charge in [-0.05, 0) is 18.6 Å². The summed E-state index contributed by atoms with van der Waals surface area (Å²) < 4.78 is 1.76. The molecule has 1 N–H and O–H groups in total.